The first-order valence-corrected chi connectivity index (χ1v) is 11.5. The van der Waals surface area contributed by atoms with E-state index in [0.29, 0.717) is 12.0 Å². The fourth-order valence-electron chi connectivity index (χ4n) is 4.78. The van der Waals surface area contributed by atoms with E-state index in [9.17, 15) is 4.79 Å². The molecule has 1 aromatic carbocycles. The summed E-state index contributed by atoms with van der Waals surface area (Å²) >= 11 is 0. The van der Waals surface area contributed by atoms with E-state index in [-0.39, 0.29) is 11.8 Å². The van der Waals surface area contributed by atoms with Crippen LogP contribution < -0.4 is 10.6 Å². The Morgan fingerprint density at radius 2 is 1.63 bits per heavy atom. The molecule has 1 aliphatic heterocycles. The molecular weight excluding hydrogens is 372 g/mol. The second kappa shape index (κ2) is 10.7. The number of carbonyl (C=O) groups is 1. The van der Waals surface area contributed by atoms with Crippen LogP contribution in [-0.4, -0.2) is 41.5 Å². The molecule has 5 nitrogen and oxygen atoms in total. The van der Waals surface area contributed by atoms with Gasteiger partial charge >= 0.3 is 0 Å². The fraction of sp³-hybridized carbons (Fsp3) is 0.520. The SMILES string of the molecule is O=C(Nc1ccncc1)[C@H]1CC[C@H](CNC2CCN(Cc3ccccc3)CC2)CC1. The number of hydrogen-bond acceptors (Lipinski definition) is 4. The van der Waals surface area contributed by atoms with Gasteiger partial charge in [-0.25, -0.2) is 0 Å². The van der Waals surface area contributed by atoms with Crippen LogP contribution in [0.2, 0.25) is 0 Å². The van der Waals surface area contributed by atoms with E-state index in [0.717, 1.165) is 44.5 Å². The molecular formula is C25H34N4O. The Morgan fingerprint density at radius 1 is 0.933 bits per heavy atom. The number of benzene rings is 1. The van der Waals surface area contributed by atoms with Crippen LogP contribution in [-0.2, 0) is 11.3 Å². The van der Waals surface area contributed by atoms with Gasteiger partial charge in [-0.05, 0) is 81.8 Å². The van der Waals surface area contributed by atoms with Crippen molar-refractivity contribution in [3.05, 3.63) is 60.4 Å². The molecule has 0 radical (unpaired) electrons. The Bertz CT molecular complexity index is 766. The normalized spacial score (nSPS) is 23.2. The summed E-state index contributed by atoms with van der Waals surface area (Å²) in [6.45, 7) is 4.52. The van der Waals surface area contributed by atoms with Crippen molar-refractivity contribution in [2.45, 2.75) is 51.1 Å². The minimum absolute atomic E-state index is 0.149. The number of piperidine rings is 1. The molecule has 2 N–H and O–H groups in total. The van der Waals surface area contributed by atoms with Crippen LogP contribution in [0.1, 0.15) is 44.1 Å². The summed E-state index contributed by atoms with van der Waals surface area (Å²) in [7, 11) is 0. The van der Waals surface area contributed by atoms with E-state index in [4.69, 9.17) is 0 Å². The molecule has 0 bridgehead atoms. The van der Waals surface area contributed by atoms with Crippen LogP contribution in [0.3, 0.4) is 0 Å². The second-order valence-electron chi connectivity index (χ2n) is 8.89. The molecule has 1 aromatic heterocycles. The summed E-state index contributed by atoms with van der Waals surface area (Å²) in [4.78, 5) is 19.1. The van der Waals surface area contributed by atoms with Crippen LogP contribution in [0.25, 0.3) is 0 Å². The van der Waals surface area contributed by atoms with Gasteiger partial charge in [0.05, 0.1) is 0 Å². The van der Waals surface area contributed by atoms with E-state index < -0.39 is 0 Å². The van der Waals surface area contributed by atoms with Crippen LogP contribution in [0.15, 0.2) is 54.9 Å². The largest absolute Gasteiger partial charge is 0.326 e. The molecule has 2 aromatic rings. The zero-order valence-electron chi connectivity index (χ0n) is 17.8. The van der Waals surface area contributed by atoms with E-state index in [2.05, 4.69) is 50.8 Å². The van der Waals surface area contributed by atoms with Crippen LogP contribution in [0, 0.1) is 11.8 Å². The van der Waals surface area contributed by atoms with Gasteiger partial charge in [0.2, 0.25) is 5.91 Å². The minimum Gasteiger partial charge on any atom is -0.326 e. The Hall–Kier alpha value is -2.24. The number of aromatic nitrogens is 1. The summed E-state index contributed by atoms with van der Waals surface area (Å²) in [5, 5.41) is 6.86. The standard InChI is InChI=1S/C25H34N4O/c30-25(28-24-10-14-26-15-11-24)22-8-6-20(7-9-22)18-27-23-12-16-29(17-13-23)19-21-4-2-1-3-5-21/h1-5,10-11,14-15,20,22-23,27H,6-9,12-13,16-19H2,(H,26,28,30)/t20-,22-. The number of rotatable bonds is 7. The average Bonchev–Trinajstić information content (AvgIpc) is 2.80. The number of anilines is 1. The molecule has 1 saturated carbocycles. The number of nitrogens with zero attached hydrogens (tertiary/aromatic N) is 2. The van der Waals surface area contributed by atoms with Gasteiger partial charge in [-0.2, -0.15) is 0 Å². The molecule has 4 rings (SSSR count). The molecule has 2 fully saturated rings. The maximum atomic E-state index is 12.5. The number of amides is 1. The Labute approximate surface area is 180 Å². The van der Waals surface area contributed by atoms with Crippen molar-refractivity contribution in [1.29, 1.82) is 0 Å². The van der Waals surface area contributed by atoms with Gasteiger partial charge < -0.3 is 10.6 Å². The highest BCUT2D eigenvalue weighted by Gasteiger charge is 2.27. The predicted molar refractivity (Wildman–Crippen MR) is 121 cm³/mol. The van der Waals surface area contributed by atoms with Gasteiger partial charge in [0.15, 0.2) is 0 Å². The topological polar surface area (TPSA) is 57.3 Å². The number of likely N-dealkylation sites (tertiary alicyclic amines) is 1. The lowest BCUT2D eigenvalue weighted by Gasteiger charge is -2.34. The third-order valence-corrected chi connectivity index (χ3v) is 6.70. The monoisotopic (exact) mass is 406 g/mol. The number of pyridine rings is 1. The van der Waals surface area contributed by atoms with Crippen LogP contribution >= 0.6 is 0 Å². The summed E-state index contributed by atoms with van der Waals surface area (Å²) in [5.74, 6) is 1.02. The van der Waals surface area contributed by atoms with Gasteiger partial charge in [-0.3, -0.25) is 14.7 Å². The van der Waals surface area contributed by atoms with E-state index in [1.54, 1.807) is 12.4 Å². The molecule has 0 atom stereocenters. The van der Waals surface area contributed by atoms with Gasteiger partial charge in [-0.1, -0.05) is 30.3 Å². The Kier molecular flexibility index (Phi) is 7.49. The minimum atomic E-state index is 0.149. The molecule has 5 heteroatoms. The molecule has 1 aliphatic carbocycles. The van der Waals surface area contributed by atoms with Crippen molar-refractivity contribution < 1.29 is 4.79 Å². The highest BCUT2D eigenvalue weighted by Crippen LogP contribution is 2.29. The lowest BCUT2D eigenvalue weighted by molar-refractivity contribution is -0.121. The van der Waals surface area contributed by atoms with Gasteiger partial charge in [0.25, 0.3) is 0 Å². The molecule has 160 valence electrons. The van der Waals surface area contributed by atoms with Crippen molar-refractivity contribution in [1.82, 2.24) is 15.2 Å². The molecule has 1 saturated heterocycles. The highest BCUT2D eigenvalue weighted by atomic mass is 16.1. The van der Waals surface area contributed by atoms with E-state index in [1.165, 1.54) is 31.5 Å². The zero-order chi connectivity index (χ0) is 20.6. The van der Waals surface area contributed by atoms with Crippen LogP contribution in [0.5, 0.6) is 0 Å². The molecule has 30 heavy (non-hydrogen) atoms. The van der Waals surface area contributed by atoms with Crippen molar-refractivity contribution in [3.63, 3.8) is 0 Å². The Balaban J connectivity index is 1.11. The van der Waals surface area contributed by atoms with Crippen molar-refractivity contribution in [3.8, 4) is 0 Å². The first kappa shape index (κ1) is 21.0. The molecule has 2 heterocycles. The smallest absolute Gasteiger partial charge is 0.227 e. The summed E-state index contributed by atoms with van der Waals surface area (Å²) in [6.07, 6.45) is 10.2. The second-order valence-corrected chi connectivity index (χ2v) is 8.89. The molecule has 2 aliphatic rings. The quantitative estimate of drug-likeness (QED) is 0.727. The van der Waals surface area contributed by atoms with Gasteiger partial charge in [0, 0.05) is 36.6 Å². The third-order valence-electron chi connectivity index (χ3n) is 6.70. The highest BCUT2D eigenvalue weighted by molar-refractivity contribution is 5.92. The van der Waals surface area contributed by atoms with Crippen LogP contribution in [0.4, 0.5) is 5.69 Å². The maximum Gasteiger partial charge on any atom is 0.227 e. The first-order chi connectivity index (χ1) is 14.8. The zero-order valence-corrected chi connectivity index (χ0v) is 17.8. The number of nitrogens with one attached hydrogen (secondary N) is 2. The Morgan fingerprint density at radius 3 is 2.33 bits per heavy atom. The molecule has 0 spiro atoms. The lowest BCUT2D eigenvalue weighted by Crippen LogP contribution is -2.44. The predicted octanol–water partition coefficient (Wildman–Crippen LogP) is 4.08. The van der Waals surface area contributed by atoms with E-state index >= 15 is 0 Å². The maximum absolute atomic E-state index is 12.5. The molecule has 0 unspecified atom stereocenters. The number of carbonyl (C=O) groups excluding carboxylic acids is 1. The molecule has 1 amide bonds. The third kappa shape index (κ3) is 6.13. The first-order valence-electron chi connectivity index (χ1n) is 11.5. The fourth-order valence-corrected chi connectivity index (χ4v) is 4.78. The summed E-state index contributed by atoms with van der Waals surface area (Å²) in [5.41, 5.74) is 2.26. The van der Waals surface area contributed by atoms with Crippen molar-refractivity contribution in [2.24, 2.45) is 11.8 Å². The summed E-state index contributed by atoms with van der Waals surface area (Å²) in [6, 6.07) is 15.1. The average molecular weight is 407 g/mol. The van der Waals surface area contributed by atoms with E-state index in [1.807, 2.05) is 12.1 Å². The van der Waals surface area contributed by atoms with Gasteiger partial charge in [0.1, 0.15) is 0 Å². The lowest BCUT2D eigenvalue weighted by atomic mass is 9.81. The van der Waals surface area contributed by atoms with Crippen molar-refractivity contribution >= 4 is 11.6 Å². The number of hydrogen-bond donors (Lipinski definition) is 2. The van der Waals surface area contributed by atoms with Gasteiger partial charge in [-0.15, -0.1) is 0 Å². The summed E-state index contributed by atoms with van der Waals surface area (Å²) < 4.78 is 0. The van der Waals surface area contributed by atoms with Crippen molar-refractivity contribution in [2.75, 3.05) is 25.0 Å².